The fraction of sp³-hybridized carbons (Fsp3) is 0.833. The van der Waals surface area contributed by atoms with Crippen molar-refractivity contribution < 1.29 is 4.52 Å². The highest BCUT2D eigenvalue weighted by atomic mass is 32.2. The highest BCUT2D eigenvalue weighted by Crippen LogP contribution is 2.31. The molecule has 2 aliphatic rings. The van der Waals surface area contributed by atoms with Gasteiger partial charge in [-0.25, -0.2) is 0 Å². The van der Waals surface area contributed by atoms with Crippen molar-refractivity contribution in [2.24, 2.45) is 0 Å². The third-order valence-electron chi connectivity index (χ3n) is 3.64. The molecule has 94 valence electrons. The first kappa shape index (κ1) is 11.5. The van der Waals surface area contributed by atoms with Gasteiger partial charge >= 0.3 is 0 Å². The molecule has 1 saturated carbocycles. The van der Waals surface area contributed by atoms with Gasteiger partial charge in [-0.1, -0.05) is 18.0 Å². The van der Waals surface area contributed by atoms with E-state index in [1.807, 2.05) is 11.8 Å². The van der Waals surface area contributed by atoms with Crippen molar-refractivity contribution in [3.05, 3.63) is 11.7 Å². The minimum absolute atomic E-state index is 0.438. The second-order valence-electron chi connectivity index (χ2n) is 4.96. The Balaban J connectivity index is 1.52. The van der Waals surface area contributed by atoms with Crippen LogP contribution in [0.25, 0.3) is 0 Å². The van der Waals surface area contributed by atoms with Gasteiger partial charge in [0.2, 0.25) is 5.89 Å². The van der Waals surface area contributed by atoms with E-state index >= 15 is 0 Å². The summed E-state index contributed by atoms with van der Waals surface area (Å²) in [6.07, 6.45) is 6.63. The van der Waals surface area contributed by atoms with E-state index in [1.165, 1.54) is 25.7 Å². The fourth-order valence-corrected chi connectivity index (χ4v) is 3.77. The normalized spacial score (nSPS) is 25.8. The topological polar surface area (TPSA) is 51.0 Å². The molecule has 0 spiro atoms. The van der Waals surface area contributed by atoms with E-state index in [2.05, 4.69) is 15.5 Å². The lowest BCUT2D eigenvalue weighted by molar-refractivity contribution is 0.355. The van der Waals surface area contributed by atoms with E-state index in [9.17, 15) is 0 Å². The second-order valence-corrected chi connectivity index (χ2v) is 6.24. The maximum Gasteiger partial charge on any atom is 0.231 e. The van der Waals surface area contributed by atoms with E-state index in [0.717, 1.165) is 42.2 Å². The van der Waals surface area contributed by atoms with E-state index in [1.54, 1.807) is 0 Å². The van der Waals surface area contributed by atoms with Crippen LogP contribution in [0.5, 0.6) is 0 Å². The molecule has 0 amide bonds. The molecule has 1 saturated heterocycles. The molecule has 2 heterocycles. The standard InChI is InChI=1S/C12H19N3OS/c1-2-4-10(3-1)17-8-11-14-12(16-15-11)9-5-6-13-7-9/h9-10,13H,1-8H2. The Bertz CT molecular complexity index is 356. The first-order valence-electron chi connectivity index (χ1n) is 6.56. The number of nitrogens with zero attached hydrogens (tertiary/aromatic N) is 2. The van der Waals surface area contributed by atoms with Gasteiger partial charge in [-0.15, -0.1) is 0 Å². The molecule has 0 bridgehead atoms. The summed E-state index contributed by atoms with van der Waals surface area (Å²) in [7, 11) is 0. The fourth-order valence-electron chi connectivity index (χ4n) is 2.60. The Morgan fingerprint density at radius 2 is 2.18 bits per heavy atom. The third kappa shape index (κ3) is 2.83. The summed E-state index contributed by atoms with van der Waals surface area (Å²) in [4.78, 5) is 4.51. The van der Waals surface area contributed by atoms with Crippen LogP contribution in [0.3, 0.4) is 0 Å². The number of nitrogens with one attached hydrogen (secondary N) is 1. The van der Waals surface area contributed by atoms with Gasteiger partial charge < -0.3 is 9.84 Å². The van der Waals surface area contributed by atoms with Gasteiger partial charge in [0.1, 0.15) is 0 Å². The zero-order valence-electron chi connectivity index (χ0n) is 10.0. The molecule has 1 aromatic rings. The lowest BCUT2D eigenvalue weighted by Crippen LogP contribution is -2.08. The first-order chi connectivity index (χ1) is 8.42. The highest BCUT2D eigenvalue weighted by Gasteiger charge is 2.23. The minimum Gasteiger partial charge on any atom is -0.339 e. The van der Waals surface area contributed by atoms with E-state index < -0.39 is 0 Å². The quantitative estimate of drug-likeness (QED) is 0.892. The predicted molar refractivity (Wildman–Crippen MR) is 68.1 cm³/mol. The molecule has 1 aliphatic carbocycles. The maximum absolute atomic E-state index is 5.35. The molecule has 17 heavy (non-hydrogen) atoms. The molecule has 2 fully saturated rings. The molecule has 3 rings (SSSR count). The van der Waals surface area contributed by atoms with Crippen LogP contribution in [-0.2, 0) is 5.75 Å². The average Bonchev–Trinajstić information content (AvgIpc) is 3.09. The molecule has 1 aliphatic heterocycles. The molecule has 4 nitrogen and oxygen atoms in total. The third-order valence-corrected chi connectivity index (χ3v) is 5.01. The molecule has 1 N–H and O–H groups in total. The monoisotopic (exact) mass is 253 g/mol. The number of thioether (sulfide) groups is 1. The molecule has 1 aromatic heterocycles. The van der Waals surface area contributed by atoms with Gasteiger partial charge in [-0.2, -0.15) is 16.7 Å². The van der Waals surface area contributed by atoms with Crippen LogP contribution in [-0.4, -0.2) is 28.5 Å². The van der Waals surface area contributed by atoms with Crippen LogP contribution in [0.15, 0.2) is 4.52 Å². The molecule has 0 aromatic carbocycles. The first-order valence-corrected chi connectivity index (χ1v) is 7.61. The van der Waals surface area contributed by atoms with Crippen molar-refractivity contribution in [3.8, 4) is 0 Å². The van der Waals surface area contributed by atoms with Crippen LogP contribution >= 0.6 is 11.8 Å². The van der Waals surface area contributed by atoms with Crippen molar-refractivity contribution in [1.29, 1.82) is 0 Å². The van der Waals surface area contributed by atoms with Crippen molar-refractivity contribution in [2.45, 2.75) is 49.0 Å². The maximum atomic E-state index is 5.35. The molecular weight excluding hydrogens is 234 g/mol. The molecule has 5 heteroatoms. The number of rotatable bonds is 4. The zero-order valence-corrected chi connectivity index (χ0v) is 10.8. The summed E-state index contributed by atoms with van der Waals surface area (Å²) in [6, 6.07) is 0. The van der Waals surface area contributed by atoms with Gasteiger partial charge in [0.15, 0.2) is 5.82 Å². The van der Waals surface area contributed by atoms with E-state index in [4.69, 9.17) is 4.52 Å². The summed E-state index contributed by atoms with van der Waals surface area (Å²) < 4.78 is 5.35. The van der Waals surface area contributed by atoms with Crippen LogP contribution in [0.4, 0.5) is 0 Å². The smallest absolute Gasteiger partial charge is 0.231 e. The SMILES string of the molecule is C1CCC(SCc2noc(C3CCNC3)n2)C1. The minimum atomic E-state index is 0.438. The average molecular weight is 253 g/mol. The summed E-state index contributed by atoms with van der Waals surface area (Å²) in [5.41, 5.74) is 0. The molecule has 1 unspecified atom stereocenters. The highest BCUT2D eigenvalue weighted by molar-refractivity contribution is 7.99. The zero-order chi connectivity index (χ0) is 11.5. The van der Waals surface area contributed by atoms with E-state index in [-0.39, 0.29) is 0 Å². The Labute approximate surface area is 106 Å². The molecule has 0 radical (unpaired) electrons. The van der Waals surface area contributed by atoms with Crippen molar-refractivity contribution >= 4 is 11.8 Å². The second kappa shape index (κ2) is 5.40. The Morgan fingerprint density at radius 1 is 1.29 bits per heavy atom. The Morgan fingerprint density at radius 3 is 2.94 bits per heavy atom. The van der Waals surface area contributed by atoms with Gasteiger partial charge in [-0.3, -0.25) is 0 Å². The van der Waals surface area contributed by atoms with Gasteiger partial charge in [0.25, 0.3) is 0 Å². The van der Waals surface area contributed by atoms with Crippen molar-refractivity contribution in [3.63, 3.8) is 0 Å². The van der Waals surface area contributed by atoms with Crippen LogP contribution in [0.1, 0.15) is 49.7 Å². The Hall–Kier alpha value is -0.550. The lowest BCUT2D eigenvalue weighted by atomic mass is 10.1. The van der Waals surface area contributed by atoms with Gasteiger partial charge in [0, 0.05) is 11.8 Å². The van der Waals surface area contributed by atoms with Crippen molar-refractivity contribution in [2.75, 3.05) is 13.1 Å². The summed E-state index contributed by atoms with van der Waals surface area (Å²) in [5, 5.41) is 8.24. The number of aromatic nitrogens is 2. The van der Waals surface area contributed by atoms with Crippen LogP contribution in [0, 0.1) is 0 Å². The largest absolute Gasteiger partial charge is 0.339 e. The van der Waals surface area contributed by atoms with Crippen LogP contribution < -0.4 is 5.32 Å². The van der Waals surface area contributed by atoms with Crippen molar-refractivity contribution in [1.82, 2.24) is 15.5 Å². The summed E-state index contributed by atoms with van der Waals surface area (Å²) >= 11 is 1.99. The summed E-state index contributed by atoms with van der Waals surface area (Å²) in [5.74, 6) is 3.06. The van der Waals surface area contributed by atoms with Gasteiger partial charge in [0.05, 0.1) is 11.7 Å². The molecular formula is C12H19N3OS. The van der Waals surface area contributed by atoms with Gasteiger partial charge in [-0.05, 0) is 25.8 Å². The number of hydrogen-bond donors (Lipinski definition) is 1. The van der Waals surface area contributed by atoms with E-state index in [0.29, 0.717) is 5.92 Å². The predicted octanol–water partition coefficient (Wildman–Crippen LogP) is 2.32. The van der Waals surface area contributed by atoms with Crippen LogP contribution in [0.2, 0.25) is 0 Å². The lowest BCUT2D eigenvalue weighted by Gasteiger charge is -2.05. The molecule has 1 atom stereocenters. The number of hydrogen-bond acceptors (Lipinski definition) is 5. The Kier molecular flexibility index (Phi) is 3.66. The summed E-state index contributed by atoms with van der Waals surface area (Å²) in [6.45, 7) is 2.05.